The van der Waals surface area contributed by atoms with Crippen molar-refractivity contribution in [2.24, 2.45) is 0 Å². The fourth-order valence-electron chi connectivity index (χ4n) is 5.28. The molecular weight excluding hydrogens is 514 g/mol. The number of methoxy groups -OCH3 is 1. The molecule has 1 saturated heterocycles. The van der Waals surface area contributed by atoms with Crippen LogP contribution in [0.15, 0.2) is 41.3 Å². The molecule has 0 aromatic heterocycles. The second-order valence-electron chi connectivity index (χ2n) is 10.8. The number of rotatable bonds is 12. The van der Waals surface area contributed by atoms with E-state index in [0.29, 0.717) is 35.5 Å². The zero-order valence-electron chi connectivity index (χ0n) is 24.6. The van der Waals surface area contributed by atoms with Gasteiger partial charge in [0, 0.05) is 45.8 Å². The van der Waals surface area contributed by atoms with Crippen LogP contribution < -0.4 is 4.74 Å². The first kappa shape index (κ1) is 31.1. The number of aryl methyl sites for hydroxylation is 2. The van der Waals surface area contributed by atoms with E-state index in [2.05, 4.69) is 43.0 Å². The Bertz CT molecular complexity index is 1180. The molecule has 0 N–H and O–H groups in total. The van der Waals surface area contributed by atoms with Crippen molar-refractivity contribution in [3.63, 3.8) is 0 Å². The maximum atomic E-state index is 13.1. The van der Waals surface area contributed by atoms with Gasteiger partial charge in [0.05, 0.1) is 18.6 Å². The number of likely N-dealkylation sites (tertiary alicyclic amines) is 1. The van der Waals surface area contributed by atoms with Crippen molar-refractivity contribution in [1.29, 1.82) is 0 Å². The molecule has 9 heteroatoms. The number of ether oxygens (including phenoxy) is 2. The smallest absolute Gasteiger partial charge is 0.248 e. The predicted molar refractivity (Wildman–Crippen MR) is 154 cm³/mol. The van der Waals surface area contributed by atoms with Gasteiger partial charge < -0.3 is 14.4 Å². The van der Waals surface area contributed by atoms with Crippen LogP contribution in [0, 0.1) is 13.8 Å². The van der Waals surface area contributed by atoms with Gasteiger partial charge in [0.25, 0.3) is 0 Å². The SMILES string of the molecule is COc1cc(C)c(S(=O)(=O)N(C)CCOCC(=O)N(C)Cc2ccc(CN3C(C)CCC[C@H]3C)cc2)c(C)c1. The van der Waals surface area contributed by atoms with Crippen LogP contribution in [0.3, 0.4) is 0 Å². The first-order valence-electron chi connectivity index (χ1n) is 13.7. The van der Waals surface area contributed by atoms with Crippen LogP contribution in [-0.4, -0.2) is 81.5 Å². The number of sulfonamides is 1. The quantitative estimate of drug-likeness (QED) is 0.360. The topological polar surface area (TPSA) is 79.4 Å². The van der Waals surface area contributed by atoms with Crippen LogP contribution in [0.25, 0.3) is 0 Å². The van der Waals surface area contributed by atoms with Crippen molar-refractivity contribution < 1.29 is 22.7 Å². The summed E-state index contributed by atoms with van der Waals surface area (Å²) in [5.41, 5.74) is 3.60. The monoisotopic (exact) mass is 559 g/mol. The molecule has 39 heavy (non-hydrogen) atoms. The number of carbonyl (C=O) groups is 1. The molecule has 2 aromatic carbocycles. The molecule has 0 spiro atoms. The van der Waals surface area contributed by atoms with E-state index in [0.717, 1.165) is 12.1 Å². The van der Waals surface area contributed by atoms with Gasteiger partial charge in [0.1, 0.15) is 12.4 Å². The van der Waals surface area contributed by atoms with Crippen molar-refractivity contribution >= 4 is 15.9 Å². The van der Waals surface area contributed by atoms with E-state index >= 15 is 0 Å². The Labute approximate surface area is 234 Å². The number of likely N-dealkylation sites (N-methyl/N-ethyl adjacent to an activating group) is 2. The molecule has 0 aliphatic carbocycles. The van der Waals surface area contributed by atoms with Crippen LogP contribution >= 0.6 is 0 Å². The van der Waals surface area contributed by atoms with Gasteiger partial charge in [-0.1, -0.05) is 30.7 Å². The minimum absolute atomic E-state index is 0.103. The largest absolute Gasteiger partial charge is 0.497 e. The van der Waals surface area contributed by atoms with Crippen LogP contribution in [0.5, 0.6) is 5.75 Å². The third kappa shape index (κ3) is 8.03. The van der Waals surface area contributed by atoms with Crippen LogP contribution in [-0.2, 0) is 32.6 Å². The Morgan fingerprint density at radius 3 is 2.13 bits per heavy atom. The number of hydrogen-bond acceptors (Lipinski definition) is 6. The Kier molecular flexibility index (Phi) is 11.0. The second-order valence-corrected chi connectivity index (χ2v) is 12.8. The first-order valence-corrected chi connectivity index (χ1v) is 15.1. The molecule has 1 aliphatic rings. The Hall–Kier alpha value is -2.46. The summed E-state index contributed by atoms with van der Waals surface area (Å²) in [4.78, 5) is 17.1. The predicted octanol–water partition coefficient (Wildman–Crippen LogP) is 4.37. The molecule has 1 aliphatic heterocycles. The van der Waals surface area contributed by atoms with Crippen molar-refractivity contribution in [2.45, 2.75) is 77.0 Å². The molecule has 1 unspecified atom stereocenters. The fraction of sp³-hybridized carbons (Fsp3) is 0.567. The van der Waals surface area contributed by atoms with E-state index in [-0.39, 0.29) is 30.6 Å². The molecule has 1 heterocycles. The van der Waals surface area contributed by atoms with Gasteiger partial charge in [-0.25, -0.2) is 8.42 Å². The summed E-state index contributed by atoms with van der Waals surface area (Å²) in [5.74, 6) is 0.470. The third-order valence-electron chi connectivity index (χ3n) is 7.72. The molecule has 2 atom stereocenters. The molecule has 2 aromatic rings. The molecule has 1 amide bonds. The summed E-state index contributed by atoms with van der Waals surface area (Å²) in [7, 11) is 1.12. The molecule has 216 valence electrons. The lowest BCUT2D eigenvalue weighted by Gasteiger charge is -2.39. The van der Waals surface area contributed by atoms with Gasteiger partial charge in [-0.05, 0) is 74.9 Å². The Balaban J connectivity index is 1.45. The molecule has 0 saturated carbocycles. The summed E-state index contributed by atoms with van der Waals surface area (Å²) in [6.07, 6.45) is 3.82. The number of amides is 1. The van der Waals surface area contributed by atoms with Gasteiger partial charge in [-0.3, -0.25) is 9.69 Å². The normalized spacial score (nSPS) is 18.4. The molecule has 1 fully saturated rings. The maximum Gasteiger partial charge on any atom is 0.248 e. The van der Waals surface area contributed by atoms with E-state index in [4.69, 9.17) is 9.47 Å². The number of nitrogens with zero attached hydrogens (tertiary/aromatic N) is 3. The average Bonchev–Trinajstić information content (AvgIpc) is 2.88. The zero-order valence-corrected chi connectivity index (χ0v) is 25.4. The van der Waals surface area contributed by atoms with Crippen LogP contribution in [0.4, 0.5) is 0 Å². The van der Waals surface area contributed by atoms with Crippen LogP contribution in [0.1, 0.15) is 55.4 Å². The van der Waals surface area contributed by atoms with Crippen molar-refractivity contribution in [3.05, 3.63) is 58.7 Å². The van der Waals surface area contributed by atoms with E-state index in [1.54, 1.807) is 45.0 Å². The highest BCUT2D eigenvalue weighted by molar-refractivity contribution is 7.89. The van der Waals surface area contributed by atoms with Gasteiger partial charge in [-0.15, -0.1) is 0 Å². The summed E-state index contributed by atoms with van der Waals surface area (Å²) < 4.78 is 38.3. The highest BCUT2D eigenvalue weighted by Gasteiger charge is 2.26. The minimum atomic E-state index is -3.70. The highest BCUT2D eigenvalue weighted by Crippen LogP contribution is 2.28. The van der Waals surface area contributed by atoms with Gasteiger partial charge in [-0.2, -0.15) is 4.31 Å². The van der Waals surface area contributed by atoms with Gasteiger partial charge in [0.2, 0.25) is 15.9 Å². The summed E-state index contributed by atoms with van der Waals surface area (Å²) in [6, 6.07) is 13.1. The minimum Gasteiger partial charge on any atom is -0.497 e. The Morgan fingerprint density at radius 2 is 1.56 bits per heavy atom. The third-order valence-corrected chi connectivity index (χ3v) is 9.89. The lowest BCUT2D eigenvalue weighted by molar-refractivity contribution is -0.135. The molecular formula is C30H45N3O5S. The van der Waals surface area contributed by atoms with E-state index in [1.807, 2.05) is 0 Å². The maximum absolute atomic E-state index is 13.1. The van der Waals surface area contributed by atoms with E-state index in [9.17, 15) is 13.2 Å². The Morgan fingerprint density at radius 1 is 1.00 bits per heavy atom. The number of carbonyl (C=O) groups excluding carboxylic acids is 1. The van der Waals surface area contributed by atoms with Crippen molar-refractivity contribution in [3.8, 4) is 5.75 Å². The summed E-state index contributed by atoms with van der Waals surface area (Å²) in [5, 5.41) is 0. The summed E-state index contributed by atoms with van der Waals surface area (Å²) >= 11 is 0. The molecule has 3 rings (SSSR count). The fourth-order valence-corrected chi connectivity index (χ4v) is 6.84. The van der Waals surface area contributed by atoms with E-state index in [1.165, 1.54) is 36.2 Å². The highest BCUT2D eigenvalue weighted by atomic mass is 32.2. The van der Waals surface area contributed by atoms with Crippen molar-refractivity contribution in [2.75, 3.05) is 41.0 Å². The first-order chi connectivity index (χ1) is 18.4. The van der Waals surface area contributed by atoms with E-state index < -0.39 is 10.0 Å². The molecule has 0 bridgehead atoms. The zero-order chi connectivity index (χ0) is 28.7. The lowest BCUT2D eigenvalue weighted by Crippen LogP contribution is -2.42. The van der Waals surface area contributed by atoms with Gasteiger partial charge >= 0.3 is 0 Å². The summed E-state index contributed by atoms with van der Waals surface area (Å²) in [6.45, 7) is 9.73. The lowest BCUT2D eigenvalue weighted by atomic mass is 9.96. The molecule has 8 nitrogen and oxygen atoms in total. The second kappa shape index (κ2) is 13.7. The standard InChI is InChI=1S/C30H45N3O5S/c1-22-17-28(37-7)18-23(2)30(22)39(35,36)32(6)15-16-38-21-29(34)31(5)19-26-11-13-27(14-12-26)20-33-24(3)9-8-10-25(33)4/h11-14,17-18,24-25H,8-10,15-16,19-21H2,1-7H3/t24-,25?/m1/s1. The van der Waals surface area contributed by atoms with Gasteiger partial charge in [0.15, 0.2) is 0 Å². The molecule has 0 radical (unpaired) electrons. The average molecular weight is 560 g/mol. The number of piperidine rings is 1. The number of benzene rings is 2. The van der Waals surface area contributed by atoms with Crippen LogP contribution in [0.2, 0.25) is 0 Å². The van der Waals surface area contributed by atoms with Crippen molar-refractivity contribution in [1.82, 2.24) is 14.1 Å². The number of hydrogen-bond donors (Lipinski definition) is 0.